The van der Waals surface area contributed by atoms with Gasteiger partial charge in [-0.1, -0.05) is 0 Å². The van der Waals surface area contributed by atoms with E-state index in [2.05, 4.69) is 5.10 Å². The van der Waals surface area contributed by atoms with Gasteiger partial charge in [-0.05, 0) is 13.3 Å². The van der Waals surface area contributed by atoms with Crippen molar-refractivity contribution in [2.75, 3.05) is 6.61 Å². The fraction of sp³-hybridized carbons (Fsp3) is 0.625. The second-order valence-corrected chi connectivity index (χ2v) is 2.93. The normalized spacial score (nSPS) is 13.3. The maximum atomic E-state index is 8.69. The van der Waals surface area contributed by atoms with Gasteiger partial charge in [-0.15, -0.1) is 0 Å². The van der Waals surface area contributed by atoms with Crippen LogP contribution in [0.25, 0.3) is 0 Å². The number of aromatic nitrogens is 2. The molecular formula is C8H15N3O. The van der Waals surface area contributed by atoms with Crippen LogP contribution in [0.5, 0.6) is 0 Å². The van der Waals surface area contributed by atoms with Crippen molar-refractivity contribution >= 4 is 0 Å². The SMILES string of the molecule is Cc1c(C(N)CCO)cnn1C. The van der Waals surface area contributed by atoms with Gasteiger partial charge in [-0.2, -0.15) is 5.10 Å². The van der Waals surface area contributed by atoms with E-state index in [1.807, 2.05) is 14.0 Å². The first kappa shape index (κ1) is 9.22. The quantitative estimate of drug-likeness (QED) is 0.675. The Kier molecular flexibility index (Phi) is 2.83. The van der Waals surface area contributed by atoms with Crippen LogP contribution in [0.4, 0.5) is 0 Å². The number of hydrogen-bond donors (Lipinski definition) is 2. The van der Waals surface area contributed by atoms with Gasteiger partial charge in [-0.25, -0.2) is 0 Å². The molecule has 0 fully saturated rings. The molecule has 0 spiro atoms. The van der Waals surface area contributed by atoms with Crippen molar-refractivity contribution in [2.24, 2.45) is 12.8 Å². The highest BCUT2D eigenvalue weighted by Crippen LogP contribution is 2.16. The summed E-state index contributed by atoms with van der Waals surface area (Å²) in [5.41, 5.74) is 7.89. The van der Waals surface area contributed by atoms with Crippen LogP contribution in [0.2, 0.25) is 0 Å². The minimum atomic E-state index is -0.0938. The third-order valence-corrected chi connectivity index (χ3v) is 2.11. The Labute approximate surface area is 72.0 Å². The molecule has 1 aromatic rings. The summed E-state index contributed by atoms with van der Waals surface area (Å²) in [6, 6.07) is -0.0938. The van der Waals surface area contributed by atoms with Crippen LogP contribution in [0.3, 0.4) is 0 Å². The summed E-state index contributed by atoms with van der Waals surface area (Å²) in [5, 5.41) is 12.8. The summed E-state index contributed by atoms with van der Waals surface area (Å²) in [4.78, 5) is 0. The molecule has 1 rings (SSSR count). The molecule has 0 bridgehead atoms. The van der Waals surface area contributed by atoms with Gasteiger partial charge >= 0.3 is 0 Å². The van der Waals surface area contributed by atoms with E-state index in [-0.39, 0.29) is 12.6 Å². The van der Waals surface area contributed by atoms with Crippen molar-refractivity contribution in [3.05, 3.63) is 17.5 Å². The summed E-state index contributed by atoms with van der Waals surface area (Å²) in [6.07, 6.45) is 2.35. The Hall–Kier alpha value is -0.870. The molecule has 4 heteroatoms. The van der Waals surface area contributed by atoms with Crippen molar-refractivity contribution in [3.63, 3.8) is 0 Å². The predicted octanol–water partition coefficient (Wildman–Crippen LogP) is 0.111. The molecule has 1 unspecified atom stereocenters. The second kappa shape index (κ2) is 3.69. The zero-order valence-corrected chi connectivity index (χ0v) is 7.49. The second-order valence-electron chi connectivity index (χ2n) is 2.93. The molecule has 0 aliphatic carbocycles. The Morgan fingerprint density at radius 3 is 2.83 bits per heavy atom. The third-order valence-electron chi connectivity index (χ3n) is 2.11. The summed E-state index contributed by atoms with van der Waals surface area (Å²) < 4.78 is 1.78. The van der Waals surface area contributed by atoms with E-state index in [0.29, 0.717) is 6.42 Å². The van der Waals surface area contributed by atoms with Gasteiger partial charge in [0.15, 0.2) is 0 Å². The predicted molar refractivity (Wildman–Crippen MR) is 46.6 cm³/mol. The zero-order chi connectivity index (χ0) is 9.14. The molecular weight excluding hydrogens is 154 g/mol. The minimum Gasteiger partial charge on any atom is -0.396 e. The summed E-state index contributed by atoms with van der Waals surface area (Å²) in [6.45, 7) is 2.09. The summed E-state index contributed by atoms with van der Waals surface area (Å²) >= 11 is 0. The largest absolute Gasteiger partial charge is 0.396 e. The van der Waals surface area contributed by atoms with Crippen molar-refractivity contribution in [1.29, 1.82) is 0 Å². The minimum absolute atomic E-state index is 0.0938. The van der Waals surface area contributed by atoms with Crippen LogP contribution in [-0.4, -0.2) is 21.5 Å². The molecule has 0 aliphatic heterocycles. The molecule has 0 aromatic carbocycles. The molecule has 0 amide bonds. The number of aliphatic hydroxyl groups excluding tert-OH is 1. The van der Waals surface area contributed by atoms with E-state index in [1.165, 1.54) is 0 Å². The first-order valence-corrected chi connectivity index (χ1v) is 4.01. The van der Waals surface area contributed by atoms with Gasteiger partial charge in [0.1, 0.15) is 0 Å². The molecule has 68 valence electrons. The fourth-order valence-corrected chi connectivity index (χ4v) is 1.17. The molecule has 0 radical (unpaired) electrons. The van der Waals surface area contributed by atoms with Crippen LogP contribution in [0.1, 0.15) is 23.7 Å². The van der Waals surface area contributed by atoms with Crippen LogP contribution >= 0.6 is 0 Å². The maximum absolute atomic E-state index is 8.69. The average Bonchev–Trinajstić information content (AvgIpc) is 2.34. The lowest BCUT2D eigenvalue weighted by Gasteiger charge is -2.08. The number of nitrogens with two attached hydrogens (primary N) is 1. The summed E-state index contributed by atoms with van der Waals surface area (Å²) in [7, 11) is 1.88. The molecule has 1 heterocycles. The smallest absolute Gasteiger partial charge is 0.0540 e. The standard InChI is InChI=1S/C8H15N3O/c1-6-7(5-10-11(6)2)8(9)3-4-12/h5,8,12H,3-4,9H2,1-2H3. The van der Waals surface area contributed by atoms with Crippen molar-refractivity contribution in [2.45, 2.75) is 19.4 Å². The van der Waals surface area contributed by atoms with Crippen molar-refractivity contribution < 1.29 is 5.11 Å². The summed E-state index contributed by atoms with van der Waals surface area (Å²) in [5.74, 6) is 0. The van der Waals surface area contributed by atoms with Gasteiger partial charge in [0.05, 0.1) is 6.20 Å². The van der Waals surface area contributed by atoms with Gasteiger partial charge < -0.3 is 10.8 Å². The Balaban J connectivity index is 2.80. The van der Waals surface area contributed by atoms with Crippen LogP contribution in [0.15, 0.2) is 6.20 Å². The number of hydrogen-bond acceptors (Lipinski definition) is 3. The van der Waals surface area contributed by atoms with Gasteiger partial charge in [0.2, 0.25) is 0 Å². The monoisotopic (exact) mass is 169 g/mol. The number of rotatable bonds is 3. The van der Waals surface area contributed by atoms with E-state index in [0.717, 1.165) is 11.3 Å². The molecule has 12 heavy (non-hydrogen) atoms. The van der Waals surface area contributed by atoms with E-state index in [1.54, 1.807) is 10.9 Å². The first-order chi connectivity index (χ1) is 5.66. The third kappa shape index (κ3) is 1.65. The van der Waals surface area contributed by atoms with Crippen molar-refractivity contribution in [3.8, 4) is 0 Å². The van der Waals surface area contributed by atoms with Gasteiger partial charge in [0, 0.05) is 31.0 Å². The molecule has 4 nitrogen and oxygen atoms in total. The van der Waals surface area contributed by atoms with Crippen LogP contribution in [-0.2, 0) is 7.05 Å². The Morgan fingerprint density at radius 1 is 1.75 bits per heavy atom. The lowest BCUT2D eigenvalue weighted by atomic mass is 10.1. The lowest BCUT2D eigenvalue weighted by Crippen LogP contribution is -2.12. The molecule has 0 saturated carbocycles. The molecule has 0 saturated heterocycles. The first-order valence-electron chi connectivity index (χ1n) is 4.01. The number of aliphatic hydroxyl groups is 1. The van der Waals surface area contributed by atoms with E-state index in [4.69, 9.17) is 10.8 Å². The molecule has 0 aliphatic rings. The Morgan fingerprint density at radius 2 is 2.42 bits per heavy atom. The average molecular weight is 169 g/mol. The number of nitrogens with zero attached hydrogens (tertiary/aromatic N) is 2. The highest BCUT2D eigenvalue weighted by atomic mass is 16.3. The maximum Gasteiger partial charge on any atom is 0.0540 e. The van der Waals surface area contributed by atoms with E-state index in [9.17, 15) is 0 Å². The molecule has 3 N–H and O–H groups in total. The van der Waals surface area contributed by atoms with Gasteiger partial charge in [0.25, 0.3) is 0 Å². The molecule has 1 aromatic heterocycles. The van der Waals surface area contributed by atoms with Gasteiger partial charge in [-0.3, -0.25) is 4.68 Å². The van der Waals surface area contributed by atoms with Crippen molar-refractivity contribution in [1.82, 2.24) is 9.78 Å². The Bertz CT molecular complexity index is 257. The lowest BCUT2D eigenvalue weighted by molar-refractivity contribution is 0.276. The highest BCUT2D eigenvalue weighted by Gasteiger charge is 2.11. The molecule has 1 atom stereocenters. The fourth-order valence-electron chi connectivity index (χ4n) is 1.17. The van der Waals surface area contributed by atoms with Crippen LogP contribution < -0.4 is 5.73 Å². The van der Waals surface area contributed by atoms with E-state index < -0.39 is 0 Å². The highest BCUT2D eigenvalue weighted by molar-refractivity contribution is 5.19. The topological polar surface area (TPSA) is 64.1 Å². The van der Waals surface area contributed by atoms with Crippen LogP contribution in [0, 0.1) is 6.92 Å². The number of aryl methyl sites for hydroxylation is 1. The zero-order valence-electron chi connectivity index (χ0n) is 7.49. The van der Waals surface area contributed by atoms with E-state index >= 15 is 0 Å².